The van der Waals surface area contributed by atoms with Gasteiger partial charge in [0.05, 0.1) is 5.60 Å². The van der Waals surface area contributed by atoms with Gasteiger partial charge in [-0.25, -0.2) is 5.32 Å². The third kappa shape index (κ3) is 1.06. The van der Waals surface area contributed by atoms with E-state index in [9.17, 15) is 5.11 Å². The third-order valence-electron chi connectivity index (χ3n) is 2.79. The Kier molecular flexibility index (Phi) is 1.46. The zero-order chi connectivity index (χ0) is 7.03. The fourth-order valence-electron chi connectivity index (χ4n) is 1.82. The molecule has 1 radical (unpaired) electrons. The lowest BCUT2D eigenvalue weighted by atomic mass is 9.90. The Bertz CT molecular complexity index is 125. The van der Waals surface area contributed by atoms with E-state index in [0.29, 0.717) is 5.92 Å². The van der Waals surface area contributed by atoms with Gasteiger partial charge in [0.2, 0.25) is 0 Å². The Morgan fingerprint density at radius 3 is 2.30 bits per heavy atom. The summed E-state index contributed by atoms with van der Waals surface area (Å²) in [4.78, 5) is 0. The van der Waals surface area contributed by atoms with Crippen LogP contribution in [0.25, 0.3) is 0 Å². The fourth-order valence-corrected chi connectivity index (χ4v) is 1.82. The second-order valence-electron chi connectivity index (χ2n) is 3.55. The van der Waals surface area contributed by atoms with Crippen molar-refractivity contribution >= 4 is 0 Å². The summed E-state index contributed by atoms with van der Waals surface area (Å²) >= 11 is 0. The van der Waals surface area contributed by atoms with Crippen LogP contribution >= 0.6 is 0 Å². The van der Waals surface area contributed by atoms with Gasteiger partial charge in [-0.05, 0) is 31.6 Å². The second-order valence-corrected chi connectivity index (χ2v) is 3.55. The molecular weight excluding hydrogens is 126 g/mol. The van der Waals surface area contributed by atoms with E-state index in [4.69, 9.17) is 0 Å². The predicted octanol–water partition coefficient (Wildman–Crippen LogP) is 0.526. The number of piperidine rings is 1. The van der Waals surface area contributed by atoms with E-state index in [-0.39, 0.29) is 5.60 Å². The molecule has 0 unspecified atom stereocenters. The highest BCUT2D eigenvalue weighted by molar-refractivity contribution is 5.00. The zero-order valence-electron chi connectivity index (χ0n) is 6.21. The molecule has 0 aromatic carbocycles. The Hall–Kier alpha value is -0.0800. The molecule has 1 saturated carbocycles. The van der Waals surface area contributed by atoms with Gasteiger partial charge in [-0.2, -0.15) is 0 Å². The molecule has 1 saturated heterocycles. The molecule has 1 heterocycles. The fraction of sp³-hybridized carbons (Fsp3) is 1.00. The van der Waals surface area contributed by atoms with Crippen molar-refractivity contribution in [3.63, 3.8) is 0 Å². The molecule has 0 aromatic heterocycles. The molecule has 57 valence electrons. The zero-order valence-corrected chi connectivity index (χ0v) is 6.21. The average molecular weight is 140 g/mol. The van der Waals surface area contributed by atoms with Crippen molar-refractivity contribution in [3.8, 4) is 0 Å². The maximum atomic E-state index is 9.71. The Morgan fingerprint density at radius 1 is 1.20 bits per heavy atom. The molecule has 2 heteroatoms. The molecule has 0 atom stereocenters. The smallest absolute Gasteiger partial charge is 0.0678 e. The topological polar surface area (TPSA) is 34.3 Å². The number of hydrogen-bond acceptors (Lipinski definition) is 1. The summed E-state index contributed by atoms with van der Waals surface area (Å²) in [6.45, 7) is 1.96. The molecule has 1 aliphatic carbocycles. The summed E-state index contributed by atoms with van der Waals surface area (Å²) in [5, 5.41) is 14.0. The number of nitrogens with zero attached hydrogens (tertiary/aromatic N) is 1. The molecule has 0 bridgehead atoms. The maximum Gasteiger partial charge on any atom is 0.0678 e. The van der Waals surface area contributed by atoms with Crippen LogP contribution in [0.15, 0.2) is 0 Å². The molecule has 1 aliphatic heterocycles. The highest BCUT2D eigenvalue weighted by atomic mass is 16.3. The first-order valence-electron chi connectivity index (χ1n) is 4.17. The monoisotopic (exact) mass is 140 g/mol. The van der Waals surface area contributed by atoms with Gasteiger partial charge >= 0.3 is 0 Å². The van der Waals surface area contributed by atoms with Gasteiger partial charge in [0.15, 0.2) is 0 Å². The lowest BCUT2D eigenvalue weighted by Gasteiger charge is -2.25. The van der Waals surface area contributed by atoms with Crippen LogP contribution in [0.4, 0.5) is 0 Å². The third-order valence-corrected chi connectivity index (χ3v) is 2.79. The molecule has 2 aliphatic rings. The first-order chi connectivity index (χ1) is 4.81. The molecule has 0 spiro atoms. The number of rotatable bonds is 1. The SMILES string of the molecule is OC1(C2CC[N]CC2)CC1. The molecule has 2 rings (SSSR count). The van der Waals surface area contributed by atoms with Gasteiger partial charge in [-0.3, -0.25) is 0 Å². The first-order valence-corrected chi connectivity index (χ1v) is 4.17. The van der Waals surface area contributed by atoms with E-state index >= 15 is 0 Å². The van der Waals surface area contributed by atoms with Crippen molar-refractivity contribution in [1.29, 1.82) is 0 Å². The summed E-state index contributed by atoms with van der Waals surface area (Å²) in [7, 11) is 0. The van der Waals surface area contributed by atoms with Crippen LogP contribution in [0.3, 0.4) is 0 Å². The molecule has 0 aromatic rings. The van der Waals surface area contributed by atoms with Crippen molar-refractivity contribution in [2.75, 3.05) is 13.1 Å². The minimum atomic E-state index is -0.240. The second kappa shape index (κ2) is 2.21. The Labute approximate surface area is 61.6 Å². The van der Waals surface area contributed by atoms with Gasteiger partial charge < -0.3 is 5.11 Å². The van der Waals surface area contributed by atoms with Crippen LogP contribution in [-0.4, -0.2) is 23.8 Å². The van der Waals surface area contributed by atoms with Crippen LogP contribution in [-0.2, 0) is 0 Å². The highest BCUT2D eigenvalue weighted by Crippen LogP contribution is 2.45. The predicted molar refractivity (Wildman–Crippen MR) is 38.8 cm³/mol. The minimum Gasteiger partial charge on any atom is -0.390 e. The van der Waals surface area contributed by atoms with Crippen molar-refractivity contribution in [2.45, 2.75) is 31.3 Å². The van der Waals surface area contributed by atoms with Crippen molar-refractivity contribution in [1.82, 2.24) is 5.32 Å². The number of hydrogen-bond donors (Lipinski definition) is 1. The molecule has 2 fully saturated rings. The maximum absolute atomic E-state index is 9.71. The molecule has 10 heavy (non-hydrogen) atoms. The molecular formula is C8H14NO. The molecule has 2 nitrogen and oxygen atoms in total. The quantitative estimate of drug-likeness (QED) is 0.566. The summed E-state index contributed by atoms with van der Waals surface area (Å²) < 4.78 is 0. The molecule has 1 N–H and O–H groups in total. The average Bonchev–Trinajstić information content (AvgIpc) is 2.72. The van der Waals surface area contributed by atoms with Crippen molar-refractivity contribution in [3.05, 3.63) is 0 Å². The standard InChI is InChI=1S/C8H14NO/c10-8(3-4-8)7-1-5-9-6-2-7/h7,10H,1-6H2. The van der Waals surface area contributed by atoms with Crippen molar-refractivity contribution < 1.29 is 5.11 Å². The Morgan fingerprint density at radius 2 is 1.80 bits per heavy atom. The van der Waals surface area contributed by atoms with E-state index in [1.165, 1.54) is 0 Å². The van der Waals surface area contributed by atoms with Crippen LogP contribution in [0.5, 0.6) is 0 Å². The van der Waals surface area contributed by atoms with Crippen LogP contribution in [0.1, 0.15) is 25.7 Å². The van der Waals surface area contributed by atoms with Gasteiger partial charge in [0.1, 0.15) is 0 Å². The summed E-state index contributed by atoms with van der Waals surface area (Å²) in [6.07, 6.45) is 4.32. The van der Waals surface area contributed by atoms with Gasteiger partial charge in [0.25, 0.3) is 0 Å². The van der Waals surface area contributed by atoms with Crippen LogP contribution in [0.2, 0.25) is 0 Å². The van der Waals surface area contributed by atoms with Crippen LogP contribution < -0.4 is 5.32 Å². The van der Waals surface area contributed by atoms with Gasteiger partial charge in [-0.15, -0.1) is 0 Å². The van der Waals surface area contributed by atoms with E-state index < -0.39 is 0 Å². The number of aliphatic hydroxyl groups is 1. The van der Waals surface area contributed by atoms with E-state index in [2.05, 4.69) is 5.32 Å². The summed E-state index contributed by atoms with van der Waals surface area (Å²) in [5.74, 6) is 0.574. The van der Waals surface area contributed by atoms with Gasteiger partial charge in [0, 0.05) is 13.1 Å². The highest BCUT2D eigenvalue weighted by Gasteiger charge is 2.47. The first kappa shape index (κ1) is 6.62. The lowest BCUT2D eigenvalue weighted by molar-refractivity contribution is 0.0640. The van der Waals surface area contributed by atoms with E-state index in [1.54, 1.807) is 0 Å². The van der Waals surface area contributed by atoms with Crippen LogP contribution in [0, 0.1) is 5.92 Å². The molecule has 0 amide bonds. The Balaban J connectivity index is 1.91. The summed E-state index contributed by atoms with van der Waals surface area (Å²) in [6, 6.07) is 0. The normalized spacial score (nSPS) is 32.1. The minimum absolute atomic E-state index is 0.240. The largest absolute Gasteiger partial charge is 0.390 e. The van der Waals surface area contributed by atoms with E-state index in [1.807, 2.05) is 0 Å². The van der Waals surface area contributed by atoms with Gasteiger partial charge in [-0.1, -0.05) is 0 Å². The lowest BCUT2D eigenvalue weighted by Crippen LogP contribution is -2.31. The van der Waals surface area contributed by atoms with Crippen molar-refractivity contribution in [2.24, 2.45) is 5.92 Å². The summed E-state index contributed by atoms with van der Waals surface area (Å²) in [5.41, 5.74) is -0.240. The van der Waals surface area contributed by atoms with E-state index in [0.717, 1.165) is 38.8 Å².